The van der Waals surface area contributed by atoms with E-state index >= 15 is 0 Å². The zero-order chi connectivity index (χ0) is 11.4. The van der Waals surface area contributed by atoms with Crippen LogP contribution in [0.1, 0.15) is 10.4 Å². The number of benzene rings is 1. The third-order valence-electron chi connectivity index (χ3n) is 2.11. The molecule has 0 saturated heterocycles. The highest BCUT2D eigenvalue weighted by molar-refractivity contribution is 7.10. The van der Waals surface area contributed by atoms with Crippen LogP contribution in [0, 0.1) is 11.3 Å². The highest BCUT2D eigenvalue weighted by Crippen LogP contribution is 2.21. The van der Waals surface area contributed by atoms with Crippen molar-refractivity contribution in [2.75, 3.05) is 0 Å². The second-order valence-electron chi connectivity index (χ2n) is 3.19. The van der Waals surface area contributed by atoms with Crippen LogP contribution in [0.4, 0.5) is 0 Å². The van der Waals surface area contributed by atoms with Crippen LogP contribution in [0.15, 0.2) is 41.8 Å². The molecule has 1 aromatic heterocycles. The molecular weight excluding hydrogens is 238 g/mol. The summed E-state index contributed by atoms with van der Waals surface area (Å²) in [5.41, 5.74) is 1.54. The van der Waals surface area contributed by atoms with Gasteiger partial charge in [-0.15, -0.1) is 11.3 Å². The minimum Gasteiger partial charge on any atom is -0.192 e. The molecule has 1 aromatic carbocycles. The Morgan fingerprint density at radius 2 is 2.00 bits per heavy atom. The molecule has 0 aliphatic rings. The lowest BCUT2D eigenvalue weighted by molar-refractivity contribution is 1.52. The number of hydrogen-bond donors (Lipinski definition) is 0. The van der Waals surface area contributed by atoms with Crippen molar-refractivity contribution in [1.82, 2.24) is 0 Å². The summed E-state index contributed by atoms with van der Waals surface area (Å²) in [7, 11) is 0. The Hall–Kier alpha value is -1.56. The molecule has 0 amide bonds. The SMILES string of the molecule is N#CC(=Cc1cccs1)c1ccc(Cl)cc1. The molecule has 0 atom stereocenters. The van der Waals surface area contributed by atoms with Crippen molar-refractivity contribution in [1.29, 1.82) is 5.26 Å². The molecule has 0 N–H and O–H groups in total. The van der Waals surface area contributed by atoms with Crippen LogP contribution >= 0.6 is 22.9 Å². The molecule has 2 aromatic rings. The molecule has 3 heteroatoms. The molecule has 1 nitrogen and oxygen atoms in total. The van der Waals surface area contributed by atoms with Crippen molar-refractivity contribution in [3.05, 3.63) is 57.2 Å². The molecule has 0 spiro atoms. The van der Waals surface area contributed by atoms with E-state index in [1.165, 1.54) is 0 Å². The summed E-state index contributed by atoms with van der Waals surface area (Å²) in [5.74, 6) is 0. The van der Waals surface area contributed by atoms with Gasteiger partial charge in [-0.2, -0.15) is 5.26 Å². The van der Waals surface area contributed by atoms with E-state index < -0.39 is 0 Å². The fourth-order valence-corrected chi connectivity index (χ4v) is 2.11. The second kappa shape index (κ2) is 4.98. The fraction of sp³-hybridized carbons (Fsp3) is 0. The molecule has 78 valence electrons. The number of thiophene rings is 1. The third-order valence-corrected chi connectivity index (χ3v) is 3.18. The summed E-state index contributed by atoms with van der Waals surface area (Å²) in [6.07, 6.45) is 1.88. The van der Waals surface area contributed by atoms with Gasteiger partial charge in [0.25, 0.3) is 0 Å². The van der Waals surface area contributed by atoms with Gasteiger partial charge in [0.2, 0.25) is 0 Å². The van der Waals surface area contributed by atoms with Crippen LogP contribution in [0.5, 0.6) is 0 Å². The molecule has 1 heterocycles. The summed E-state index contributed by atoms with van der Waals surface area (Å²) in [6, 6.07) is 13.4. The first-order chi connectivity index (χ1) is 7.79. The maximum atomic E-state index is 9.10. The maximum Gasteiger partial charge on any atom is 0.0998 e. The second-order valence-corrected chi connectivity index (χ2v) is 4.61. The lowest BCUT2D eigenvalue weighted by Gasteiger charge is -1.98. The molecule has 0 bridgehead atoms. The highest BCUT2D eigenvalue weighted by Gasteiger charge is 2.01. The topological polar surface area (TPSA) is 23.8 Å². The van der Waals surface area contributed by atoms with Crippen molar-refractivity contribution in [3.8, 4) is 6.07 Å². The van der Waals surface area contributed by atoms with Gasteiger partial charge >= 0.3 is 0 Å². The molecule has 0 aliphatic carbocycles. The van der Waals surface area contributed by atoms with E-state index in [-0.39, 0.29) is 0 Å². The van der Waals surface area contributed by atoms with Crippen LogP contribution in [-0.2, 0) is 0 Å². The van der Waals surface area contributed by atoms with Crippen molar-refractivity contribution >= 4 is 34.6 Å². The number of nitrogens with zero attached hydrogens (tertiary/aromatic N) is 1. The Morgan fingerprint density at radius 3 is 2.56 bits per heavy atom. The maximum absolute atomic E-state index is 9.10. The minimum atomic E-state index is 0.652. The predicted molar refractivity (Wildman–Crippen MR) is 69.3 cm³/mol. The lowest BCUT2D eigenvalue weighted by atomic mass is 10.1. The van der Waals surface area contributed by atoms with E-state index in [1.807, 2.05) is 35.7 Å². The normalized spacial score (nSPS) is 11.1. The summed E-state index contributed by atoms with van der Waals surface area (Å²) in [4.78, 5) is 1.08. The van der Waals surface area contributed by atoms with Gasteiger partial charge in [0, 0.05) is 9.90 Å². The average Bonchev–Trinajstić information content (AvgIpc) is 2.80. The summed E-state index contributed by atoms with van der Waals surface area (Å²) < 4.78 is 0. The van der Waals surface area contributed by atoms with E-state index in [2.05, 4.69) is 6.07 Å². The van der Waals surface area contributed by atoms with Crippen LogP contribution in [0.2, 0.25) is 5.02 Å². The van der Waals surface area contributed by atoms with Gasteiger partial charge in [-0.1, -0.05) is 29.8 Å². The monoisotopic (exact) mass is 245 g/mol. The van der Waals surface area contributed by atoms with Crippen molar-refractivity contribution < 1.29 is 0 Å². The standard InChI is InChI=1S/C13H8ClNS/c14-12-5-3-10(4-6-12)11(9-15)8-13-2-1-7-16-13/h1-8H. The quantitative estimate of drug-likeness (QED) is 0.717. The molecule has 0 radical (unpaired) electrons. The average molecular weight is 246 g/mol. The number of nitriles is 1. The van der Waals surface area contributed by atoms with Crippen molar-refractivity contribution in [2.24, 2.45) is 0 Å². The zero-order valence-corrected chi connectivity index (χ0v) is 9.92. The molecule has 0 saturated carbocycles. The smallest absolute Gasteiger partial charge is 0.0998 e. The van der Waals surface area contributed by atoms with Crippen molar-refractivity contribution in [2.45, 2.75) is 0 Å². The fourth-order valence-electron chi connectivity index (χ4n) is 1.33. The van der Waals surface area contributed by atoms with Gasteiger partial charge < -0.3 is 0 Å². The molecule has 0 unspecified atom stereocenters. The number of allylic oxidation sites excluding steroid dienone is 1. The van der Waals surface area contributed by atoms with E-state index in [0.29, 0.717) is 10.6 Å². The minimum absolute atomic E-state index is 0.652. The van der Waals surface area contributed by atoms with Gasteiger partial charge in [0.1, 0.15) is 0 Å². The largest absolute Gasteiger partial charge is 0.192 e. The molecule has 0 fully saturated rings. The third kappa shape index (κ3) is 2.52. The number of rotatable bonds is 2. The van der Waals surface area contributed by atoms with Crippen molar-refractivity contribution in [3.63, 3.8) is 0 Å². The van der Waals surface area contributed by atoms with Crippen LogP contribution < -0.4 is 0 Å². The summed E-state index contributed by atoms with van der Waals surface area (Å²) in [6.45, 7) is 0. The summed E-state index contributed by atoms with van der Waals surface area (Å²) in [5, 5.41) is 11.8. The van der Waals surface area contributed by atoms with Gasteiger partial charge in [-0.3, -0.25) is 0 Å². The van der Waals surface area contributed by atoms with E-state index in [0.717, 1.165) is 10.4 Å². The Balaban J connectivity index is 2.37. The number of halogens is 1. The number of hydrogen-bond acceptors (Lipinski definition) is 2. The molecule has 0 aliphatic heterocycles. The van der Waals surface area contributed by atoms with Crippen LogP contribution in [-0.4, -0.2) is 0 Å². The van der Waals surface area contributed by atoms with Gasteiger partial charge in [-0.25, -0.2) is 0 Å². The first kappa shape index (κ1) is 10.9. The lowest BCUT2D eigenvalue weighted by Crippen LogP contribution is -1.80. The summed E-state index contributed by atoms with van der Waals surface area (Å²) >= 11 is 7.41. The molecule has 16 heavy (non-hydrogen) atoms. The highest BCUT2D eigenvalue weighted by atomic mass is 35.5. The Labute approximate surface area is 103 Å². The van der Waals surface area contributed by atoms with Gasteiger partial charge in [-0.05, 0) is 35.2 Å². The predicted octanol–water partition coefficient (Wildman–Crippen LogP) is 4.47. The van der Waals surface area contributed by atoms with Crippen LogP contribution in [0.25, 0.3) is 11.6 Å². The first-order valence-corrected chi connectivity index (χ1v) is 5.96. The Morgan fingerprint density at radius 1 is 1.25 bits per heavy atom. The van der Waals surface area contributed by atoms with E-state index in [9.17, 15) is 0 Å². The first-order valence-electron chi connectivity index (χ1n) is 4.71. The van der Waals surface area contributed by atoms with E-state index in [1.54, 1.807) is 23.5 Å². The zero-order valence-electron chi connectivity index (χ0n) is 8.35. The molecule has 2 rings (SSSR count). The Bertz CT molecular complexity index is 532. The van der Waals surface area contributed by atoms with Gasteiger partial charge in [0.05, 0.1) is 11.6 Å². The van der Waals surface area contributed by atoms with Crippen LogP contribution in [0.3, 0.4) is 0 Å². The van der Waals surface area contributed by atoms with Gasteiger partial charge in [0.15, 0.2) is 0 Å². The van der Waals surface area contributed by atoms with E-state index in [4.69, 9.17) is 16.9 Å². The molecular formula is C13H8ClNS. The Kier molecular flexibility index (Phi) is 3.40.